The van der Waals surface area contributed by atoms with Gasteiger partial charge in [0.25, 0.3) is 5.91 Å². The number of carbonyl (C=O) groups is 2. The predicted octanol–water partition coefficient (Wildman–Crippen LogP) is 4.06. The number of hydrogen-bond donors (Lipinski definition) is 1. The van der Waals surface area contributed by atoms with Crippen LogP contribution in [0.2, 0.25) is 0 Å². The van der Waals surface area contributed by atoms with Crippen LogP contribution in [0.1, 0.15) is 42.1 Å². The molecule has 1 fully saturated rings. The van der Waals surface area contributed by atoms with Gasteiger partial charge in [-0.1, -0.05) is 13.0 Å². The Labute approximate surface area is 183 Å². The molecule has 0 aliphatic carbocycles. The van der Waals surface area contributed by atoms with Crippen molar-refractivity contribution in [2.45, 2.75) is 38.8 Å². The van der Waals surface area contributed by atoms with Crippen molar-refractivity contribution in [3.05, 3.63) is 59.4 Å². The zero-order chi connectivity index (χ0) is 22.4. The van der Waals surface area contributed by atoms with Gasteiger partial charge in [-0.2, -0.15) is 0 Å². The minimum atomic E-state index is -0.443. The number of hydrogen-bond acceptors (Lipinski definition) is 4. The van der Waals surface area contributed by atoms with Crippen LogP contribution in [-0.4, -0.2) is 50.1 Å². The van der Waals surface area contributed by atoms with E-state index in [2.05, 4.69) is 5.32 Å². The Morgan fingerprint density at radius 1 is 1.19 bits per heavy atom. The summed E-state index contributed by atoms with van der Waals surface area (Å²) in [6.07, 6.45) is 2.20. The summed E-state index contributed by atoms with van der Waals surface area (Å²) in [5, 5.41) is 2.88. The lowest BCUT2D eigenvalue weighted by atomic mass is 10.1. The second-order valence-corrected chi connectivity index (χ2v) is 7.97. The van der Waals surface area contributed by atoms with E-state index in [1.807, 2.05) is 37.2 Å². The maximum Gasteiger partial charge on any atom is 0.254 e. The first-order valence-electron chi connectivity index (χ1n) is 10.6. The Morgan fingerprint density at radius 2 is 2.00 bits per heavy atom. The first-order valence-corrected chi connectivity index (χ1v) is 10.6. The fourth-order valence-corrected chi connectivity index (χ4v) is 3.74. The molecule has 0 saturated carbocycles. The third kappa shape index (κ3) is 6.04. The molecule has 0 aromatic heterocycles. The van der Waals surface area contributed by atoms with Gasteiger partial charge < -0.3 is 19.9 Å². The molecule has 1 N–H and O–H groups in total. The molecule has 6 nitrogen and oxygen atoms in total. The number of rotatable bonds is 8. The second-order valence-electron chi connectivity index (χ2n) is 7.97. The average Bonchev–Trinajstić information content (AvgIpc) is 3.25. The van der Waals surface area contributed by atoms with Gasteiger partial charge >= 0.3 is 0 Å². The smallest absolute Gasteiger partial charge is 0.254 e. The number of nitrogens with one attached hydrogen (secondary N) is 1. The molecule has 2 amide bonds. The minimum Gasteiger partial charge on any atom is -0.377 e. The van der Waals surface area contributed by atoms with Gasteiger partial charge in [0, 0.05) is 57.2 Å². The second kappa shape index (κ2) is 10.4. The standard InChI is InChI=1S/C24H30FN3O3/c1-4-23(29)26-20-10-11-22(27(2)3)18(14-20)15-28(16-21-9-6-12-31-21)24(30)17-7-5-8-19(25)13-17/h5,7-8,10-11,13-14,21H,4,6,9,12,15-16H2,1-3H3,(H,26,29)/t21-/m1/s1. The van der Waals surface area contributed by atoms with E-state index >= 15 is 0 Å². The van der Waals surface area contributed by atoms with Gasteiger partial charge in [0.05, 0.1) is 6.10 Å². The summed E-state index contributed by atoms with van der Waals surface area (Å²) < 4.78 is 19.5. The fraction of sp³-hybridized carbons (Fsp3) is 0.417. The van der Waals surface area contributed by atoms with E-state index in [9.17, 15) is 14.0 Å². The first-order chi connectivity index (χ1) is 14.9. The van der Waals surface area contributed by atoms with Crippen molar-refractivity contribution in [2.75, 3.05) is 37.5 Å². The summed E-state index contributed by atoms with van der Waals surface area (Å²) in [6, 6.07) is 11.4. The Morgan fingerprint density at radius 3 is 2.65 bits per heavy atom. The summed E-state index contributed by atoms with van der Waals surface area (Å²) >= 11 is 0. The molecular weight excluding hydrogens is 397 g/mol. The largest absolute Gasteiger partial charge is 0.377 e. The van der Waals surface area contributed by atoms with Crippen molar-refractivity contribution < 1.29 is 18.7 Å². The molecule has 1 saturated heterocycles. The van der Waals surface area contributed by atoms with Crippen LogP contribution < -0.4 is 10.2 Å². The third-order valence-corrected chi connectivity index (χ3v) is 5.33. The van der Waals surface area contributed by atoms with Crippen molar-refractivity contribution in [2.24, 2.45) is 0 Å². The fourth-order valence-electron chi connectivity index (χ4n) is 3.74. The van der Waals surface area contributed by atoms with Gasteiger partial charge in [-0.3, -0.25) is 9.59 Å². The molecule has 1 aliphatic rings. The SMILES string of the molecule is CCC(=O)Nc1ccc(N(C)C)c(CN(C[C@H]2CCCO2)C(=O)c2cccc(F)c2)c1. The van der Waals surface area contributed by atoms with Gasteiger partial charge in [0.15, 0.2) is 0 Å². The highest BCUT2D eigenvalue weighted by Gasteiger charge is 2.25. The van der Waals surface area contributed by atoms with Crippen LogP contribution in [-0.2, 0) is 16.1 Å². The van der Waals surface area contributed by atoms with E-state index in [1.54, 1.807) is 24.0 Å². The minimum absolute atomic E-state index is 0.0386. The van der Waals surface area contributed by atoms with Gasteiger partial charge in [-0.05, 0) is 54.8 Å². The topological polar surface area (TPSA) is 61.9 Å². The molecule has 2 aromatic rings. The average molecular weight is 428 g/mol. The van der Waals surface area contributed by atoms with E-state index in [-0.39, 0.29) is 17.9 Å². The van der Waals surface area contributed by atoms with Crippen LogP contribution in [0.4, 0.5) is 15.8 Å². The van der Waals surface area contributed by atoms with Crippen LogP contribution in [0.5, 0.6) is 0 Å². The molecule has 166 valence electrons. The van der Waals surface area contributed by atoms with Crippen LogP contribution in [0.25, 0.3) is 0 Å². The highest BCUT2D eigenvalue weighted by molar-refractivity contribution is 5.94. The zero-order valence-electron chi connectivity index (χ0n) is 18.4. The summed E-state index contributed by atoms with van der Waals surface area (Å²) in [5.74, 6) is -0.764. The molecule has 31 heavy (non-hydrogen) atoms. The van der Waals surface area contributed by atoms with Crippen molar-refractivity contribution in [1.82, 2.24) is 4.90 Å². The van der Waals surface area contributed by atoms with Crippen LogP contribution in [0.15, 0.2) is 42.5 Å². The Kier molecular flexibility index (Phi) is 7.63. The number of carbonyl (C=O) groups excluding carboxylic acids is 2. The molecule has 0 radical (unpaired) electrons. The highest BCUT2D eigenvalue weighted by Crippen LogP contribution is 2.26. The Hall–Kier alpha value is -2.93. The van der Waals surface area contributed by atoms with Crippen molar-refractivity contribution >= 4 is 23.2 Å². The molecule has 2 aromatic carbocycles. The van der Waals surface area contributed by atoms with E-state index in [0.29, 0.717) is 37.4 Å². The van der Waals surface area contributed by atoms with E-state index in [0.717, 1.165) is 24.1 Å². The summed E-state index contributed by atoms with van der Waals surface area (Å²) in [5.41, 5.74) is 2.82. The first kappa shape index (κ1) is 22.7. The molecule has 3 rings (SSSR count). The Bertz CT molecular complexity index is 926. The Balaban J connectivity index is 1.92. The maximum absolute atomic E-state index is 13.8. The van der Waals surface area contributed by atoms with E-state index in [4.69, 9.17) is 4.74 Å². The van der Waals surface area contributed by atoms with Crippen LogP contribution in [0.3, 0.4) is 0 Å². The monoisotopic (exact) mass is 427 g/mol. The molecule has 1 atom stereocenters. The number of anilines is 2. The van der Waals surface area contributed by atoms with Crippen molar-refractivity contribution in [1.29, 1.82) is 0 Å². The van der Waals surface area contributed by atoms with Gasteiger partial charge in [-0.15, -0.1) is 0 Å². The molecule has 0 unspecified atom stereocenters. The van der Waals surface area contributed by atoms with Crippen molar-refractivity contribution in [3.8, 4) is 0 Å². The predicted molar refractivity (Wildman–Crippen MR) is 120 cm³/mol. The number of halogens is 1. The van der Waals surface area contributed by atoms with E-state index in [1.165, 1.54) is 12.1 Å². The maximum atomic E-state index is 13.8. The quantitative estimate of drug-likeness (QED) is 0.690. The molecular formula is C24H30FN3O3. The molecule has 1 heterocycles. The molecule has 7 heteroatoms. The van der Waals surface area contributed by atoms with Gasteiger partial charge in [0.2, 0.25) is 5.91 Å². The number of benzene rings is 2. The van der Waals surface area contributed by atoms with E-state index < -0.39 is 5.82 Å². The third-order valence-electron chi connectivity index (χ3n) is 5.33. The lowest BCUT2D eigenvalue weighted by Gasteiger charge is -2.28. The van der Waals surface area contributed by atoms with Crippen LogP contribution in [0, 0.1) is 5.82 Å². The molecule has 0 spiro atoms. The summed E-state index contributed by atoms with van der Waals surface area (Å²) in [4.78, 5) is 28.8. The molecule has 1 aliphatic heterocycles. The highest BCUT2D eigenvalue weighted by atomic mass is 19.1. The molecule has 0 bridgehead atoms. The zero-order valence-corrected chi connectivity index (χ0v) is 18.4. The van der Waals surface area contributed by atoms with Gasteiger partial charge in [-0.25, -0.2) is 4.39 Å². The van der Waals surface area contributed by atoms with Crippen molar-refractivity contribution in [3.63, 3.8) is 0 Å². The number of ether oxygens (including phenoxy) is 1. The number of amides is 2. The van der Waals surface area contributed by atoms with Gasteiger partial charge in [0.1, 0.15) is 5.82 Å². The summed E-state index contributed by atoms with van der Waals surface area (Å²) in [6.45, 7) is 3.23. The lowest BCUT2D eigenvalue weighted by Crippen LogP contribution is -2.37. The van der Waals surface area contributed by atoms with Crippen LogP contribution >= 0.6 is 0 Å². The summed E-state index contributed by atoms with van der Waals surface area (Å²) in [7, 11) is 3.86. The normalized spacial score (nSPS) is 15.5. The lowest BCUT2D eigenvalue weighted by molar-refractivity contribution is -0.115. The number of nitrogens with zero attached hydrogens (tertiary/aromatic N) is 2.